The van der Waals surface area contributed by atoms with Crippen LogP contribution < -0.4 is 4.90 Å². The number of hydrogen-bond acceptors (Lipinski definition) is 2. The van der Waals surface area contributed by atoms with Gasteiger partial charge in [0.05, 0.1) is 19.1 Å². The maximum absolute atomic E-state index is 12.2. The second-order valence-electron chi connectivity index (χ2n) is 7.54. The van der Waals surface area contributed by atoms with E-state index in [4.69, 9.17) is 4.74 Å². The summed E-state index contributed by atoms with van der Waals surface area (Å²) >= 11 is 0. The molecule has 3 heteroatoms. The van der Waals surface area contributed by atoms with Crippen LogP contribution in [0.5, 0.6) is 0 Å². The molecule has 1 unspecified atom stereocenters. The summed E-state index contributed by atoms with van der Waals surface area (Å²) in [7, 11) is 0. The molecule has 2 fully saturated rings. The summed E-state index contributed by atoms with van der Waals surface area (Å²) < 4.78 is 5.54. The van der Waals surface area contributed by atoms with Gasteiger partial charge in [-0.1, -0.05) is 42.3 Å². The number of esters is 1. The monoisotopic (exact) mass is 348 g/mol. The second-order valence-corrected chi connectivity index (χ2v) is 7.54. The van der Waals surface area contributed by atoms with Crippen LogP contribution in [-0.2, 0) is 9.53 Å². The Morgan fingerprint density at radius 2 is 1.88 bits per heavy atom. The van der Waals surface area contributed by atoms with Gasteiger partial charge in [0.2, 0.25) is 0 Å². The van der Waals surface area contributed by atoms with Crippen molar-refractivity contribution in [3.63, 3.8) is 0 Å². The van der Waals surface area contributed by atoms with Gasteiger partial charge in [-0.2, -0.15) is 0 Å². The lowest BCUT2D eigenvalue weighted by Gasteiger charge is -2.40. The van der Waals surface area contributed by atoms with Gasteiger partial charge in [0.1, 0.15) is 6.61 Å². The lowest BCUT2D eigenvalue weighted by atomic mass is 9.84. The van der Waals surface area contributed by atoms with Gasteiger partial charge in [0.15, 0.2) is 0 Å². The number of piperidine rings is 2. The van der Waals surface area contributed by atoms with Gasteiger partial charge in [0, 0.05) is 17.4 Å². The molecule has 1 N–H and O–H groups in total. The molecule has 2 heterocycles. The van der Waals surface area contributed by atoms with E-state index in [1.165, 1.54) is 45.2 Å². The first-order valence-electron chi connectivity index (χ1n) is 9.82. The van der Waals surface area contributed by atoms with E-state index in [9.17, 15) is 4.79 Å². The van der Waals surface area contributed by atoms with Crippen molar-refractivity contribution in [1.82, 2.24) is 0 Å². The molecule has 2 saturated heterocycles. The standard InChI is InChI=1S/C23H25NO2/c25-23(14-13-19-9-5-8-18-7-1-2-11-21(18)19)26-17-20-10-6-16-24-15-4-3-12-22(20)24/h1-2,5,7-9,11,20,22H,3-4,6,10,12,15-17H2/p+1/t20-,22-/m0/s1. The fourth-order valence-corrected chi connectivity index (χ4v) is 4.65. The molecule has 134 valence electrons. The van der Waals surface area contributed by atoms with Gasteiger partial charge in [-0.05, 0) is 48.9 Å². The van der Waals surface area contributed by atoms with Gasteiger partial charge in [-0.3, -0.25) is 0 Å². The third kappa shape index (κ3) is 3.76. The molecule has 2 aliphatic heterocycles. The van der Waals surface area contributed by atoms with Crippen molar-refractivity contribution in [1.29, 1.82) is 0 Å². The Morgan fingerprint density at radius 3 is 2.85 bits per heavy atom. The van der Waals surface area contributed by atoms with Crippen LogP contribution in [0.25, 0.3) is 10.8 Å². The number of nitrogens with one attached hydrogen (secondary N) is 1. The Balaban J connectivity index is 1.39. The van der Waals surface area contributed by atoms with E-state index in [2.05, 4.69) is 24.0 Å². The lowest BCUT2D eigenvalue weighted by molar-refractivity contribution is -0.940. The molecule has 0 radical (unpaired) electrons. The molecule has 2 aromatic rings. The number of hydrogen-bond donors (Lipinski definition) is 1. The number of rotatable bonds is 2. The Hall–Kier alpha value is -2.31. The Kier molecular flexibility index (Phi) is 5.22. The maximum atomic E-state index is 12.2. The van der Waals surface area contributed by atoms with Crippen molar-refractivity contribution in [2.75, 3.05) is 19.7 Å². The molecule has 26 heavy (non-hydrogen) atoms. The van der Waals surface area contributed by atoms with Gasteiger partial charge >= 0.3 is 5.97 Å². The first kappa shape index (κ1) is 17.1. The zero-order chi connectivity index (χ0) is 17.8. The minimum absolute atomic E-state index is 0.402. The van der Waals surface area contributed by atoms with Crippen LogP contribution in [0.2, 0.25) is 0 Å². The highest BCUT2D eigenvalue weighted by atomic mass is 16.5. The number of fused-ring (bicyclic) bond motifs is 2. The molecule has 0 spiro atoms. The number of carbonyl (C=O) groups is 1. The summed E-state index contributed by atoms with van der Waals surface area (Å²) in [6, 6.07) is 14.7. The van der Waals surface area contributed by atoms with E-state index in [0.717, 1.165) is 16.3 Å². The average molecular weight is 348 g/mol. The minimum Gasteiger partial charge on any atom is -0.456 e. The Labute approximate surface area is 155 Å². The van der Waals surface area contributed by atoms with E-state index < -0.39 is 5.97 Å². The van der Waals surface area contributed by atoms with Crippen molar-refractivity contribution < 1.29 is 14.4 Å². The highest BCUT2D eigenvalue weighted by Gasteiger charge is 2.37. The topological polar surface area (TPSA) is 30.7 Å². The van der Waals surface area contributed by atoms with Crippen molar-refractivity contribution >= 4 is 16.7 Å². The molecular weight excluding hydrogens is 322 g/mol. The number of ether oxygens (including phenoxy) is 1. The average Bonchev–Trinajstić information content (AvgIpc) is 2.70. The molecule has 4 rings (SSSR count). The highest BCUT2D eigenvalue weighted by molar-refractivity contribution is 5.92. The predicted octanol–water partition coefficient (Wildman–Crippen LogP) is 2.58. The normalized spacial score (nSPS) is 25.0. The fraction of sp³-hybridized carbons (Fsp3) is 0.435. The van der Waals surface area contributed by atoms with Crippen molar-refractivity contribution in [3.8, 4) is 11.8 Å². The van der Waals surface area contributed by atoms with Gasteiger partial charge in [-0.15, -0.1) is 0 Å². The van der Waals surface area contributed by atoms with Crippen LogP contribution in [0.1, 0.15) is 37.7 Å². The minimum atomic E-state index is -0.402. The van der Waals surface area contributed by atoms with Crippen LogP contribution in [-0.4, -0.2) is 31.7 Å². The largest absolute Gasteiger partial charge is 0.456 e. The Bertz CT molecular complexity index is 841. The first-order chi connectivity index (χ1) is 12.8. The fourth-order valence-electron chi connectivity index (χ4n) is 4.65. The van der Waals surface area contributed by atoms with E-state index in [0.29, 0.717) is 18.6 Å². The number of carbonyl (C=O) groups excluding carboxylic acids is 1. The maximum Gasteiger partial charge on any atom is 0.384 e. The molecule has 0 aromatic heterocycles. The molecule has 3 nitrogen and oxygen atoms in total. The summed E-state index contributed by atoms with van der Waals surface area (Å²) in [5.41, 5.74) is 0.876. The van der Waals surface area contributed by atoms with Crippen LogP contribution in [0, 0.1) is 17.8 Å². The molecular formula is C23H26NO2+. The number of quaternary nitrogens is 1. The quantitative estimate of drug-likeness (QED) is 0.668. The van der Waals surface area contributed by atoms with Gasteiger partial charge < -0.3 is 9.64 Å². The number of benzene rings is 2. The summed E-state index contributed by atoms with van der Waals surface area (Å²) in [6.45, 7) is 3.10. The summed E-state index contributed by atoms with van der Waals surface area (Å²) in [6.07, 6.45) is 6.36. The predicted molar refractivity (Wildman–Crippen MR) is 103 cm³/mol. The molecule has 2 aromatic carbocycles. The third-order valence-corrected chi connectivity index (χ3v) is 5.95. The molecule has 3 atom stereocenters. The lowest BCUT2D eigenvalue weighted by Crippen LogP contribution is -3.18. The smallest absolute Gasteiger partial charge is 0.384 e. The van der Waals surface area contributed by atoms with Crippen LogP contribution in [0.3, 0.4) is 0 Å². The molecule has 2 aliphatic rings. The van der Waals surface area contributed by atoms with Crippen molar-refractivity contribution in [2.45, 2.75) is 38.1 Å². The van der Waals surface area contributed by atoms with E-state index in [-0.39, 0.29) is 0 Å². The highest BCUT2D eigenvalue weighted by Crippen LogP contribution is 2.21. The summed E-state index contributed by atoms with van der Waals surface area (Å²) in [4.78, 5) is 13.9. The van der Waals surface area contributed by atoms with E-state index >= 15 is 0 Å². The van der Waals surface area contributed by atoms with Crippen LogP contribution in [0.15, 0.2) is 42.5 Å². The first-order valence-corrected chi connectivity index (χ1v) is 9.82. The van der Waals surface area contributed by atoms with Crippen molar-refractivity contribution in [2.24, 2.45) is 5.92 Å². The molecule has 0 amide bonds. The van der Waals surface area contributed by atoms with Gasteiger partial charge in [0.25, 0.3) is 0 Å². The summed E-state index contributed by atoms with van der Waals surface area (Å²) in [5, 5.41) is 2.21. The third-order valence-electron chi connectivity index (χ3n) is 5.95. The van der Waals surface area contributed by atoms with Crippen LogP contribution in [0.4, 0.5) is 0 Å². The second kappa shape index (κ2) is 7.93. The molecule has 0 saturated carbocycles. The molecule has 0 aliphatic carbocycles. The SMILES string of the molecule is O=C(C#Cc1cccc2ccccc12)OC[C@@H]1CCC[NH+]2CCCC[C@@H]12. The van der Waals surface area contributed by atoms with E-state index in [1.807, 2.05) is 30.3 Å². The Morgan fingerprint density at radius 1 is 1.04 bits per heavy atom. The van der Waals surface area contributed by atoms with Crippen LogP contribution >= 0.6 is 0 Å². The molecule has 0 bridgehead atoms. The van der Waals surface area contributed by atoms with E-state index in [1.54, 1.807) is 4.90 Å². The summed E-state index contributed by atoms with van der Waals surface area (Å²) in [5.74, 6) is 5.79. The zero-order valence-electron chi connectivity index (χ0n) is 15.2. The van der Waals surface area contributed by atoms with Crippen molar-refractivity contribution in [3.05, 3.63) is 48.0 Å². The zero-order valence-corrected chi connectivity index (χ0v) is 15.2. The van der Waals surface area contributed by atoms with Gasteiger partial charge in [-0.25, -0.2) is 4.79 Å².